The van der Waals surface area contributed by atoms with E-state index in [9.17, 15) is 15.3 Å². The predicted octanol–water partition coefficient (Wildman–Crippen LogP) is 2.42. The molecule has 0 aliphatic carbocycles. The van der Waals surface area contributed by atoms with Gasteiger partial charge < -0.3 is 24.5 Å². The van der Waals surface area contributed by atoms with Crippen LogP contribution in [0, 0.1) is 13.8 Å². The van der Waals surface area contributed by atoms with E-state index in [1.165, 1.54) is 13.2 Å². The third-order valence-electron chi connectivity index (χ3n) is 3.60. The van der Waals surface area contributed by atoms with Crippen molar-refractivity contribution in [1.29, 1.82) is 0 Å². The van der Waals surface area contributed by atoms with E-state index >= 15 is 0 Å². The van der Waals surface area contributed by atoms with Gasteiger partial charge in [0, 0.05) is 11.5 Å². The second-order valence-corrected chi connectivity index (χ2v) is 5.03. The minimum atomic E-state index is -0.930. The number of phenolic OH excluding ortho intramolecular Hbond substituents is 1. The SMILES string of the molecule is COc1cc([C@@H](O)[C@@H](CO)c2cc(C)oc2C)ccc1O. The number of phenols is 1. The molecule has 2 atom stereocenters. The third kappa shape index (κ3) is 3.04. The molecule has 5 heteroatoms. The first-order chi connectivity index (χ1) is 9.97. The Labute approximate surface area is 123 Å². The van der Waals surface area contributed by atoms with Gasteiger partial charge in [-0.1, -0.05) is 6.07 Å². The Morgan fingerprint density at radius 2 is 1.95 bits per heavy atom. The molecular weight excluding hydrogens is 272 g/mol. The number of aromatic hydroxyl groups is 1. The quantitative estimate of drug-likeness (QED) is 0.788. The van der Waals surface area contributed by atoms with Gasteiger partial charge in [0.2, 0.25) is 0 Å². The van der Waals surface area contributed by atoms with Crippen LogP contribution in [0.1, 0.15) is 34.7 Å². The van der Waals surface area contributed by atoms with E-state index in [0.29, 0.717) is 11.3 Å². The van der Waals surface area contributed by atoms with Gasteiger partial charge in [0.05, 0.1) is 19.8 Å². The van der Waals surface area contributed by atoms with Gasteiger partial charge in [-0.25, -0.2) is 0 Å². The number of aliphatic hydroxyl groups is 2. The molecule has 0 fully saturated rings. The van der Waals surface area contributed by atoms with Crippen LogP contribution in [0.15, 0.2) is 28.7 Å². The minimum absolute atomic E-state index is 0.00401. The zero-order valence-electron chi connectivity index (χ0n) is 12.3. The zero-order chi connectivity index (χ0) is 15.6. The van der Waals surface area contributed by atoms with Gasteiger partial charge in [-0.3, -0.25) is 0 Å². The van der Waals surface area contributed by atoms with Crippen LogP contribution in [0.3, 0.4) is 0 Å². The standard InChI is InChI=1S/C16H20O5/c1-9-6-12(10(2)21-9)13(8-17)16(19)11-4-5-14(18)15(7-11)20-3/h4-7,13,16-19H,8H2,1-3H3/t13-,16+/m0/s1. The summed E-state index contributed by atoms with van der Waals surface area (Å²) in [5.41, 5.74) is 1.33. The number of hydrogen-bond acceptors (Lipinski definition) is 5. The van der Waals surface area contributed by atoms with Crippen LogP contribution in [0.4, 0.5) is 0 Å². The Bertz CT molecular complexity index is 617. The Kier molecular flexibility index (Phi) is 4.55. The number of rotatable bonds is 5. The highest BCUT2D eigenvalue weighted by molar-refractivity contribution is 5.43. The van der Waals surface area contributed by atoms with Crippen molar-refractivity contribution >= 4 is 0 Å². The largest absolute Gasteiger partial charge is 0.504 e. The Morgan fingerprint density at radius 1 is 1.24 bits per heavy atom. The molecular formula is C16H20O5. The minimum Gasteiger partial charge on any atom is -0.504 e. The van der Waals surface area contributed by atoms with Crippen LogP contribution in [0.2, 0.25) is 0 Å². The number of aliphatic hydroxyl groups excluding tert-OH is 2. The molecule has 2 rings (SSSR count). The maximum atomic E-state index is 10.5. The fourth-order valence-electron chi connectivity index (χ4n) is 2.50. The summed E-state index contributed by atoms with van der Waals surface area (Å²) in [5.74, 6) is 1.19. The van der Waals surface area contributed by atoms with Gasteiger partial charge in [0.1, 0.15) is 11.5 Å². The van der Waals surface area contributed by atoms with Gasteiger partial charge >= 0.3 is 0 Å². The molecule has 1 heterocycles. The zero-order valence-corrected chi connectivity index (χ0v) is 12.3. The van der Waals surface area contributed by atoms with E-state index < -0.39 is 12.0 Å². The van der Waals surface area contributed by atoms with Crippen molar-refractivity contribution in [3.05, 3.63) is 46.9 Å². The molecule has 114 valence electrons. The normalized spacial score (nSPS) is 14.0. The molecule has 21 heavy (non-hydrogen) atoms. The molecule has 0 unspecified atom stereocenters. The average molecular weight is 292 g/mol. The lowest BCUT2D eigenvalue weighted by molar-refractivity contribution is 0.106. The van der Waals surface area contributed by atoms with Gasteiger partial charge in [0.25, 0.3) is 0 Å². The summed E-state index contributed by atoms with van der Waals surface area (Å²) >= 11 is 0. The lowest BCUT2D eigenvalue weighted by Gasteiger charge is -2.21. The predicted molar refractivity (Wildman–Crippen MR) is 77.6 cm³/mol. The van der Waals surface area contributed by atoms with Crippen LogP contribution in [-0.4, -0.2) is 29.0 Å². The topological polar surface area (TPSA) is 83.1 Å². The fraction of sp³-hybridized carbons (Fsp3) is 0.375. The molecule has 5 nitrogen and oxygen atoms in total. The first kappa shape index (κ1) is 15.4. The summed E-state index contributed by atoms with van der Waals surface area (Å²) < 4.78 is 10.5. The third-order valence-corrected chi connectivity index (χ3v) is 3.60. The number of aryl methyl sites for hydroxylation is 2. The molecule has 0 bridgehead atoms. The van der Waals surface area contributed by atoms with Crippen LogP contribution >= 0.6 is 0 Å². The van der Waals surface area contributed by atoms with Crippen LogP contribution < -0.4 is 4.74 Å². The van der Waals surface area contributed by atoms with E-state index in [1.54, 1.807) is 19.1 Å². The number of furan rings is 1. The average Bonchev–Trinajstić information content (AvgIpc) is 2.79. The Balaban J connectivity index is 2.36. The lowest BCUT2D eigenvalue weighted by Crippen LogP contribution is -2.15. The molecule has 0 saturated heterocycles. The first-order valence-corrected chi connectivity index (χ1v) is 6.70. The van der Waals surface area contributed by atoms with E-state index in [1.807, 2.05) is 13.0 Å². The van der Waals surface area contributed by atoms with Crippen molar-refractivity contribution in [2.75, 3.05) is 13.7 Å². The van der Waals surface area contributed by atoms with Crippen molar-refractivity contribution in [2.24, 2.45) is 0 Å². The van der Waals surface area contributed by atoms with Gasteiger partial charge in [-0.15, -0.1) is 0 Å². The highest BCUT2D eigenvalue weighted by Crippen LogP contribution is 2.37. The van der Waals surface area contributed by atoms with E-state index in [2.05, 4.69) is 0 Å². The fourth-order valence-corrected chi connectivity index (χ4v) is 2.50. The highest BCUT2D eigenvalue weighted by atomic mass is 16.5. The summed E-state index contributed by atoms with van der Waals surface area (Å²) in [6.07, 6.45) is -0.930. The molecule has 0 amide bonds. The van der Waals surface area contributed by atoms with Crippen LogP contribution in [0.25, 0.3) is 0 Å². The maximum absolute atomic E-state index is 10.5. The molecule has 2 aromatic rings. The highest BCUT2D eigenvalue weighted by Gasteiger charge is 2.26. The lowest BCUT2D eigenvalue weighted by atomic mass is 9.89. The van der Waals surface area contributed by atoms with Crippen LogP contribution in [-0.2, 0) is 0 Å². The second-order valence-electron chi connectivity index (χ2n) is 5.03. The molecule has 1 aromatic carbocycles. The molecule has 3 N–H and O–H groups in total. The van der Waals surface area contributed by atoms with E-state index in [-0.39, 0.29) is 18.1 Å². The smallest absolute Gasteiger partial charge is 0.160 e. The summed E-state index contributed by atoms with van der Waals surface area (Å²) in [6.45, 7) is 3.40. The maximum Gasteiger partial charge on any atom is 0.160 e. The second kappa shape index (κ2) is 6.20. The summed E-state index contributed by atoms with van der Waals surface area (Å²) in [5, 5.41) is 29.8. The number of benzene rings is 1. The molecule has 0 radical (unpaired) electrons. The molecule has 0 aliphatic heterocycles. The number of ether oxygens (including phenoxy) is 1. The van der Waals surface area contributed by atoms with Gasteiger partial charge in [0.15, 0.2) is 11.5 Å². The van der Waals surface area contributed by atoms with Crippen molar-refractivity contribution in [3.8, 4) is 11.5 Å². The molecule has 0 aliphatic rings. The van der Waals surface area contributed by atoms with Crippen LogP contribution in [0.5, 0.6) is 11.5 Å². The van der Waals surface area contributed by atoms with Gasteiger partial charge in [-0.05, 0) is 37.6 Å². The van der Waals surface area contributed by atoms with Crippen molar-refractivity contribution in [3.63, 3.8) is 0 Å². The Morgan fingerprint density at radius 3 is 2.48 bits per heavy atom. The molecule has 1 aromatic heterocycles. The Hall–Kier alpha value is -1.98. The monoisotopic (exact) mass is 292 g/mol. The first-order valence-electron chi connectivity index (χ1n) is 6.70. The summed E-state index contributed by atoms with van der Waals surface area (Å²) in [4.78, 5) is 0. The summed E-state index contributed by atoms with van der Waals surface area (Å²) in [7, 11) is 1.44. The van der Waals surface area contributed by atoms with Crippen molar-refractivity contribution in [1.82, 2.24) is 0 Å². The molecule has 0 saturated carbocycles. The molecule has 0 spiro atoms. The van der Waals surface area contributed by atoms with E-state index in [0.717, 1.165) is 11.3 Å². The van der Waals surface area contributed by atoms with Crippen molar-refractivity contribution < 1.29 is 24.5 Å². The number of methoxy groups -OCH3 is 1. The number of hydrogen-bond donors (Lipinski definition) is 3. The van der Waals surface area contributed by atoms with E-state index in [4.69, 9.17) is 9.15 Å². The van der Waals surface area contributed by atoms with Gasteiger partial charge in [-0.2, -0.15) is 0 Å². The van der Waals surface area contributed by atoms with Crippen molar-refractivity contribution in [2.45, 2.75) is 25.9 Å². The summed E-state index contributed by atoms with van der Waals surface area (Å²) in [6, 6.07) is 6.44.